The third kappa shape index (κ3) is 6.27. The van der Waals surface area contributed by atoms with Crippen LogP contribution in [0.25, 0.3) is 11.3 Å². The van der Waals surface area contributed by atoms with Crippen LogP contribution in [0.2, 0.25) is 0 Å². The molecule has 0 spiro atoms. The summed E-state index contributed by atoms with van der Waals surface area (Å²) in [6.45, 7) is 7.78. The molecule has 0 saturated heterocycles. The van der Waals surface area contributed by atoms with Crippen molar-refractivity contribution in [2.75, 3.05) is 16.4 Å². The number of rotatable bonds is 8. The van der Waals surface area contributed by atoms with E-state index < -0.39 is 0 Å². The molecule has 2 amide bonds. The van der Waals surface area contributed by atoms with Gasteiger partial charge in [0.15, 0.2) is 5.16 Å². The highest BCUT2D eigenvalue weighted by Gasteiger charge is 2.18. The number of imidazole rings is 1. The number of halogens is 1. The molecule has 0 radical (unpaired) electrons. The van der Waals surface area contributed by atoms with E-state index in [0.29, 0.717) is 10.9 Å². The third-order valence-corrected chi connectivity index (χ3v) is 7.07. The van der Waals surface area contributed by atoms with E-state index in [1.807, 2.05) is 64.1 Å². The van der Waals surface area contributed by atoms with E-state index >= 15 is 0 Å². The maximum absolute atomic E-state index is 13.5. The van der Waals surface area contributed by atoms with Gasteiger partial charge in [0.05, 0.1) is 17.6 Å². The molecule has 2 N–H and O–H groups in total. The number of carbonyl (C=O) groups excluding carboxylic acids is 2. The number of benzene rings is 3. The second kappa shape index (κ2) is 11.4. The summed E-state index contributed by atoms with van der Waals surface area (Å²) >= 11 is 1.25. The Morgan fingerprint density at radius 1 is 0.811 bits per heavy atom. The molecular weight excluding hydrogens is 487 g/mol. The van der Waals surface area contributed by atoms with Crippen molar-refractivity contribution in [3.8, 4) is 11.3 Å². The summed E-state index contributed by atoms with van der Waals surface area (Å²) in [6.07, 6.45) is 1.64. The summed E-state index contributed by atoms with van der Waals surface area (Å²) in [7, 11) is 0. The lowest BCUT2D eigenvalue weighted by molar-refractivity contribution is -0.117. The van der Waals surface area contributed by atoms with Crippen LogP contribution >= 0.6 is 11.8 Å². The number of aromatic nitrogens is 2. The zero-order valence-electron chi connectivity index (χ0n) is 21.3. The van der Waals surface area contributed by atoms with Crippen molar-refractivity contribution in [2.24, 2.45) is 0 Å². The average Bonchev–Trinajstić information content (AvgIpc) is 3.25. The molecule has 0 saturated carbocycles. The zero-order chi connectivity index (χ0) is 26.5. The lowest BCUT2D eigenvalue weighted by atomic mass is 10.1. The Labute approximate surface area is 220 Å². The molecule has 0 aliphatic heterocycles. The topological polar surface area (TPSA) is 76.0 Å². The van der Waals surface area contributed by atoms with Crippen molar-refractivity contribution in [1.29, 1.82) is 0 Å². The van der Waals surface area contributed by atoms with Gasteiger partial charge in [-0.25, -0.2) is 9.37 Å². The summed E-state index contributed by atoms with van der Waals surface area (Å²) in [4.78, 5) is 30.4. The largest absolute Gasteiger partial charge is 0.325 e. The molecule has 0 aliphatic rings. The highest BCUT2D eigenvalue weighted by Crippen LogP contribution is 2.28. The minimum absolute atomic E-state index is 0.0126. The highest BCUT2D eigenvalue weighted by molar-refractivity contribution is 7.99. The number of para-hydroxylation sites is 2. The van der Waals surface area contributed by atoms with Crippen molar-refractivity contribution in [1.82, 2.24) is 9.55 Å². The van der Waals surface area contributed by atoms with Crippen LogP contribution in [0.5, 0.6) is 0 Å². The Balaban J connectivity index is 1.56. The smallest absolute Gasteiger partial charge is 0.244 e. The fraction of sp³-hybridized carbons (Fsp3) is 0.207. The number of nitrogens with one attached hydrogen (secondary N) is 2. The Kier molecular flexibility index (Phi) is 8.08. The molecule has 190 valence electrons. The van der Waals surface area contributed by atoms with Crippen molar-refractivity contribution in [3.05, 3.63) is 94.9 Å². The van der Waals surface area contributed by atoms with E-state index in [0.717, 1.165) is 39.2 Å². The molecule has 6 nitrogen and oxygen atoms in total. The summed E-state index contributed by atoms with van der Waals surface area (Å²) in [6, 6.07) is 17.7. The van der Waals surface area contributed by atoms with Crippen LogP contribution in [0.4, 0.5) is 15.8 Å². The monoisotopic (exact) mass is 516 g/mol. The first-order valence-electron chi connectivity index (χ1n) is 11.9. The van der Waals surface area contributed by atoms with Gasteiger partial charge >= 0.3 is 0 Å². The van der Waals surface area contributed by atoms with Crippen LogP contribution < -0.4 is 10.6 Å². The number of aryl methyl sites for hydroxylation is 4. The quantitative estimate of drug-likeness (QED) is 0.270. The molecule has 4 rings (SSSR count). The number of thioether (sulfide) groups is 1. The molecule has 0 unspecified atom stereocenters. The van der Waals surface area contributed by atoms with E-state index in [2.05, 4.69) is 15.6 Å². The van der Waals surface area contributed by atoms with Crippen molar-refractivity contribution in [3.63, 3.8) is 0 Å². The Morgan fingerprint density at radius 3 is 1.86 bits per heavy atom. The average molecular weight is 517 g/mol. The van der Waals surface area contributed by atoms with Gasteiger partial charge in [-0.1, -0.05) is 48.2 Å². The van der Waals surface area contributed by atoms with Gasteiger partial charge in [0.2, 0.25) is 11.8 Å². The van der Waals surface area contributed by atoms with Gasteiger partial charge in [-0.3, -0.25) is 9.59 Å². The van der Waals surface area contributed by atoms with Crippen LogP contribution in [-0.4, -0.2) is 27.1 Å². The van der Waals surface area contributed by atoms with Gasteiger partial charge in [-0.2, -0.15) is 0 Å². The first-order chi connectivity index (χ1) is 17.7. The predicted octanol–water partition coefficient (Wildman–Crippen LogP) is 6.29. The van der Waals surface area contributed by atoms with Gasteiger partial charge in [0.25, 0.3) is 0 Å². The van der Waals surface area contributed by atoms with E-state index in [-0.39, 0.29) is 29.9 Å². The lowest BCUT2D eigenvalue weighted by Crippen LogP contribution is -2.21. The summed E-state index contributed by atoms with van der Waals surface area (Å²) in [5, 5.41) is 6.51. The number of hydrogen-bond donors (Lipinski definition) is 2. The van der Waals surface area contributed by atoms with Gasteiger partial charge in [0, 0.05) is 11.4 Å². The molecule has 1 aromatic heterocycles. The fourth-order valence-corrected chi connectivity index (χ4v) is 4.91. The maximum Gasteiger partial charge on any atom is 0.244 e. The molecule has 0 atom stereocenters. The molecule has 1 heterocycles. The molecule has 0 bridgehead atoms. The molecule has 37 heavy (non-hydrogen) atoms. The number of nitrogens with zero attached hydrogens (tertiary/aromatic N) is 2. The number of hydrogen-bond acceptors (Lipinski definition) is 4. The molecule has 3 aromatic carbocycles. The second-order valence-corrected chi connectivity index (χ2v) is 9.88. The van der Waals surface area contributed by atoms with Crippen molar-refractivity contribution >= 4 is 35.0 Å². The van der Waals surface area contributed by atoms with Crippen molar-refractivity contribution < 1.29 is 14.0 Å². The fourth-order valence-electron chi connectivity index (χ4n) is 4.13. The number of amides is 2. The van der Waals surface area contributed by atoms with E-state index in [9.17, 15) is 14.0 Å². The van der Waals surface area contributed by atoms with Crippen LogP contribution in [0, 0.1) is 33.5 Å². The molecule has 4 aromatic rings. The third-order valence-electron chi connectivity index (χ3n) is 6.08. The highest BCUT2D eigenvalue weighted by atomic mass is 32.2. The van der Waals surface area contributed by atoms with Crippen LogP contribution in [0.1, 0.15) is 22.3 Å². The first-order valence-corrected chi connectivity index (χ1v) is 12.9. The minimum atomic E-state index is -0.347. The lowest BCUT2D eigenvalue weighted by Gasteiger charge is -2.15. The van der Waals surface area contributed by atoms with E-state index in [4.69, 9.17) is 0 Å². The Hall–Kier alpha value is -3.91. The van der Waals surface area contributed by atoms with E-state index in [1.165, 1.54) is 23.9 Å². The normalized spacial score (nSPS) is 10.8. The van der Waals surface area contributed by atoms with Gasteiger partial charge in [0.1, 0.15) is 12.4 Å². The maximum atomic E-state index is 13.5. The SMILES string of the molecule is Cc1cccc(C)c1NC(=O)CSc1ncc(-c2ccc(F)cc2)n1CC(=O)Nc1c(C)cccc1C. The zero-order valence-corrected chi connectivity index (χ0v) is 22.1. The van der Waals surface area contributed by atoms with E-state index in [1.54, 1.807) is 22.9 Å². The number of carbonyl (C=O) groups is 2. The molecule has 0 aliphatic carbocycles. The second-order valence-electron chi connectivity index (χ2n) is 8.94. The summed E-state index contributed by atoms with van der Waals surface area (Å²) in [5.41, 5.74) is 6.87. The van der Waals surface area contributed by atoms with Crippen molar-refractivity contribution in [2.45, 2.75) is 39.4 Å². The Morgan fingerprint density at radius 2 is 1.32 bits per heavy atom. The number of anilines is 2. The predicted molar refractivity (Wildman–Crippen MR) is 147 cm³/mol. The van der Waals surface area contributed by atoms with Gasteiger partial charge < -0.3 is 15.2 Å². The van der Waals surface area contributed by atoms with Gasteiger partial charge in [-0.15, -0.1) is 0 Å². The molecular formula is C29H29FN4O2S. The standard InChI is InChI=1S/C29H29FN4O2S/c1-18-7-5-8-19(2)27(18)32-25(35)16-34-24(22-11-13-23(30)14-12-22)15-31-29(34)37-17-26(36)33-28-20(3)9-6-10-21(28)4/h5-15H,16-17H2,1-4H3,(H,32,35)(H,33,36). The van der Waals surface area contributed by atoms with Crippen LogP contribution in [0.3, 0.4) is 0 Å². The summed E-state index contributed by atoms with van der Waals surface area (Å²) < 4.78 is 15.3. The minimum Gasteiger partial charge on any atom is -0.325 e. The Bertz CT molecular complexity index is 1410. The molecule has 8 heteroatoms. The van der Waals surface area contributed by atoms with Crippen LogP contribution in [-0.2, 0) is 16.1 Å². The molecule has 0 fully saturated rings. The first kappa shape index (κ1) is 26.2. The summed E-state index contributed by atoms with van der Waals surface area (Å²) in [5.74, 6) is -0.618. The van der Waals surface area contributed by atoms with Gasteiger partial charge in [-0.05, 0) is 79.8 Å². The van der Waals surface area contributed by atoms with Crippen LogP contribution in [0.15, 0.2) is 72.0 Å².